The van der Waals surface area contributed by atoms with E-state index in [1.54, 1.807) is 19.1 Å². The first-order valence-electron chi connectivity index (χ1n) is 5.94. The van der Waals surface area contributed by atoms with Crippen LogP contribution in [-0.4, -0.2) is 25.8 Å². The van der Waals surface area contributed by atoms with Gasteiger partial charge in [0, 0.05) is 5.70 Å². The number of rotatable bonds is 2. The number of carboxylic acid groups (broad SMARTS) is 1. The Hall–Kier alpha value is -2.70. The zero-order valence-corrected chi connectivity index (χ0v) is 10.5. The molecule has 1 aliphatic rings. The number of fused-ring (bicyclic) bond motifs is 1. The van der Waals surface area contributed by atoms with Gasteiger partial charge < -0.3 is 10.4 Å². The van der Waals surface area contributed by atoms with Crippen molar-refractivity contribution in [1.82, 2.24) is 14.8 Å². The number of aliphatic carboxylic acids is 1. The van der Waals surface area contributed by atoms with Crippen LogP contribution < -0.4 is 5.32 Å². The predicted molar refractivity (Wildman–Crippen MR) is 68.5 cm³/mol. The molecule has 2 N–H and O–H groups in total. The van der Waals surface area contributed by atoms with Gasteiger partial charge in [0.05, 0.1) is 5.57 Å². The van der Waals surface area contributed by atoms with Crippen LogP contribution in [0.25, 0.3) is 0 Å². The van der Waals surface area contributed by atoms with Crippen molar-refractivity contribution in [3.63, 3.8) is 0 Å². The van der Waals surface area contributed by atoms with E-state index >= 15 is 0 Å². The highest BCUT2D eigenvalue weighted by Crippen LogP contribution is 2.34. The third-order valence-electron chi connectivity index (χ3n) is 3.21. The summed E-state index contributed by atoms with van der Waals surface area (Å²) >= 11 is 0. The minimum absolute atomic E-state index is 0.162. The topological polar surface area (TPSA) is 80.0 Å². The zero-order chi connectivity index (χ0) is 14.3. The molecule has 1 aliphatic heterocycles. The van der Waals surface area contributed by atoms with E-state index in [-0.39, 0.29) is 11.4 Å². The van der Waals surface area contributed by atoms with Crippen molar-refractivity contribution in [1.29, 1.82) is 0 Å². The lowest BCUT2D eigenvalue weighted by atomic mass is 9.96. The summed E-state index contributed by atoms with van der Waals surface area (Å²) in [5, 5.41) is 16.4. The molecule has 2 aromatic rings. The van der Waals surface area contributed by atoms with Gasteiger partial charge in [-0.2, -0.15) is 10.1 Å². The second-order valence-electron chi connectivity index (χ2n) is 4.45. The number of anilines is 1. The molecule has 0 bridgehead atoms. The van der Waals surface area contributed by atoms with Crippen LogP contribution in [0.15, 0.2) is 41.9 Å². The Morgan fingerprint density at radius 3 is 2.75 bits per heavy atom. The maximum atomic E-state index is 13.0. The third-order valence-corrected chi connectivity index (χ3v) is 3.21. The molecule has 1 atom stereocenters. The lowest BCUT2D eigenvalue weighted by Crippen LogP contribution is -2.28. The number of hydrogen-bond acceptors (Lipinski definition) is 4. The molecule has 0 saturated heterocycles. The summed E-state index contributed by atoms with van der Waals surface area (Å²) in [5.74, 6) is -0.966. The van der Waals surface area contributed by atoms with Crippen LogP contribution in [0.5, 0.6) is 0 Å². The van der Waals surface area contributed by atoms with Crippen LogP contribution in [0.3, 0.4) is 0 Å². The summed E-state index contributed by atoms with van der Waals surface area (Å²) in [6, 6.07) is 5.05. The highest BCUT2D eigenvalue weighted by atomic mass is 19.1. The van der Waals surface area contributed by atoms with Crippen LogP contribution in [0.4, 0.5) is 10.3 Å². The van der Waals surface area contributed by atoms with Crippen LogP contribution in [0, 0.1) is 5.82 Å². The van der Waals surface area contributed by atoms with Gasteiger partial charge in [-0.05, 0) is 24.6 Å². The lowest BCUT2D eigenvalue weighted by molar-refractivity contribution is -0.133. The largest absolute Gasteiger partial charge is 0.478 e. The van der Waals surface area contributed by atoms with Gasteiger partial charge in [-0.15, -0.1) is 0 Å². The molecule has 0 saturated carbocycles. The Labute approximate surface area is 113 Å². The number of hydrogen-bond donors (Lipinski definition) is 2. The normalized spacial score (nSPS) is 17.6. The Kier molecular flexibility index (Phi) is 2.74. The van der Waals surface area contributed by atoms with Crippen molar-refractivity contribution in [2.24, 2.45) is 0 Å². The van der Waals surface area contributed by atoms with Crippen molar-refractivity contribution >= 4 is 11.9 Å². The highest BCUT2D eigenvalue weighted by Gasteiger charge is 2.33. The Bertz CT molecular complexity index is 705. The molecule has 1 aromatic carbocycles. The number of carbonyl (C=O) groups is 1. The van der Waals surface area contributed by atoms with Gasteiger partial charge in [0.25, 0.3) is 0 Å². The zero-order valence-electron chi connectivity index (χ0n) is 10.5. The average molecular weight is 274 g/mol. The van der Waals surface area contributed by atoms with E-state index in [4.69, 9.17) is 0 Å². The number of benzene rings is 1. The number of halogens is 1. The van der Waals surface area contributed by atoms with Crippen molar-refractivity contribution in [3.8, 4) is 0 Å². The van der Waals surface area contributed by atoms with Crippen molar-refractivity contribution < 1.29 is 14.3 Å². The number of allylic oxidation sites excluding steroid dienone is 1. The van der Waals surface area contributed by atoms with Gasteiger partial charge in [-0.3, -0.25) is 0 Å². The van der Waals surface area contributed by atoms with E-state index in [2.05, 4.69) is 15.4 Å². The number of aromatic nitrogens is 3. The maximum Gasteiger partial charge on any atom is 0.335 e. The molecule has 0 amide bonds. The quantitative estimate of drug-likeness (QED) is 0.872. The molecule has 1 aromatic heterocycles. The second kappa shape index (κ2) is 4.44. The summed E-state index contributed by atoms with van der Waals surface area (Å²) in [6.07, 6.45) is 1.34. The molecule has 7 heteroatoms. The second-order valence-corrected chi connectivity index (χ2v) is 4.45. The summed E-state index contributed by atoms with van der Waals surface area (Å²) in [4.78, 5) is 15.5. The molecule has 2 heterocycles. The fourth-order valence-corrected chi connectivity index (χ4v) is 2.32. The number of carboxylic acids is 1. The molecule has 6 nitrogen and oxygen atoms in total. The average Bonchev–Trinajstić information content (AvgIpc) is 2.85. The van der Waals surface area contributed by atoms with E-state index in [0.29, 0.717) is 17.2 Å². The predicted octanol–water partition coefficient (Wildman–Crippen LogP) is 1.79. The Balaban J connectivity index is 2.19. The molecule has 1 unspecified atom stereocenters. The van der Waals surface area contributed by atoms with Gasteiger partial charge in [-0.25, -0.2) is 13.9 Å². The van der Waals surface area contributed by atoms with Gasteiger partial charge in [0.2, 0.25) is 5.95 Å². The molecule has 3 rings (SSSR count). The first-order chi connectivity index (χ1) is 9.58. The highest BCUT2D eigenvalue weighted by molar-refractivity contribution is 5.90. The summed E-state index contributed by atoms with van der Waals surface area (Å²) in [7, 11) is 0. The fourth-order valence-electron chi connectivity index (χ4n) is 2.32. The van der Waals surface area contributed by atoms with E-state index < -0.39 is 12.0 Å². The smallest absolute Gasteiger partial charge is 0.335 e. The summed E-state index contributed by atoms with van der Waals surface area (Å²) in [6.45, 7) is 1.66. The van der Waals surface area contributed by atoms with Crippen LogP contribution >= 0.6 is 0 Å². The van der Waals surface area contributed by atoms with Crippen LogP contribution in [0.2, 0.25) is 0 Å². The van der Waals surface area contributed by atoms with Crippen molar-refractivity contribution in [2.45, 2.75) is 13.0 Å². The van der Waals surface area contributed by atoms with E-state index in [9.17, 15) is 14.3 Å². The monoisotopic (exact) mass is 274 g/mol. The molecule has 0 fully saturated rings. The molecular weight excluding hydrogens is 263 g/mol. The first-order valence-corrected chi connectivity index (χ1v) is 5.94. The molecular formula is C13H11FN4O2. The number of nitrogens with zero attached hydrogens (tertiary/aromatic N) is 3. The first kappa shape index (κ1) is 12.3. The van der Waals surface area contributed by atoms with E-state index in [0.717, 1.165) is 0 Å². The van der Waals surface area contributed by atoms with Gasteiger partial charge >= 0.3 is 5.97 Å². The molecule has 0 aliphatic carbocycles. The van der Waals surface area contributed by atoms with Crippen molar-refractivity contribution in [2.75, 3.05) is 5.32 Å². The van der Waals surface area contributed by atoms with Crippen molar-refractivity contribution in [3.05, 3.63) is 53.2 Å². The standard InChI is InChI=1S/C13H11FN4O2/c1-7-10(12(19)20)11(8-2-4-9(14)5-3-8)18-13(17-7)15-6-16-18/h2-6,11H,1H3,(H,19,20)(H,15,16,17). The third kappa shape index (κ3) is 1.83. The lowest BCUT2D eigenvalue weighted by Gasteiger charge is -2.27. The minimum atomic E-state index is -1.05. The Morgan fingerprint density at radius 2 is 2.10 bits per heavy atom. The molecule has 20 heavy (non-hydrogen) atoms. The number of nitrogens with one attached hydrogen (secondary N) is 1. The van der Waals surface area contributed by atoms with Crippen LogP contribution in [0.1, 0.15) is 18.5 Å². The fraction of sp³-hybridized carbons (Fsp3) is 0.154. The van der Waals surface area contributed by atoms with Gasteiger partial charge in [0.1, 0.15) is 18.2 Å². The molecule has 102 valence electrons. The summed E-state index contributed by atoms with van der Waals surface area (Å²) < 4.78 is 14.5. The van der Waals surface area contributed by atoms with Crippen LogP contribution in [-0.2, 0) is 4.79 Å². The molecule has 0 spiro atoms. The summed E-state index contributed by atoms with van der Waals surface area (Å²) in [5.41, 5.74) is 1.29. The Morgan fingerprint density at radius 1 is 1.40 bits per heavy atom. The molecule has 0 radical (unpaired) electrons. The SMILES string of the molecule is CC1=C(C(=O)O)C(c2ccc(F)cc2)n2ncnc2N1. The van der Waals surface area contributed by atoms with E-state index in [1.807, 2.05) is 0 Å². The maximum absolute atomic E-state index is 13.0. The van der Waals surface area contributed by atoms with Gasteiger partial charge in [-0.1, -0.05) is 12.1 Å². The minimum Gasteiger partial charge on any atom is -0.478 e. The van der Waals surface area contributed by atoms with E-state index in [1.165, 1.54) is 23.1 Å². The van der Waals surface area contributed by atoms with Gasteiger partial charge in [0.15, 0.2) is 0 Å².